The molecular formula is C17H20N2O4S. The SMILES string of the molecule is COc1ccc(C(=O)N(C)C(C)c2ccc(S(C)(=O)=O)cc2)cn1. The van der Waals surface area contributed by atoms with Crippen LogP contribution < -0.4 is 4.74 Å². The minimum atomic E-state index is -3.23. The molecule has 1 atom stereocenters. The third-order valence-electron chi connectivity index (χ3n) is 3.88. The average Bonchev–Trinajstić information content (AvgIpc) is 2.59. The van der Waals surface area contributed by atoms with Gasteiger partial charge in [0.15, 0.2) is 9.84 Å². The summed E-state index contributed by atoms with van der Waals surface area (Å²) in [7, 11) is -0.0239. The fourth-order valence-corrected chi connectivity index (χ4v) is 2.85. The number of hydrogen-bond acceptors (Lipinski definition) is 5. The molecule has 1 heterocycles. The Bertz CT molecular complexity index is 815. The monoisotopic (exact) mass is 348 g/mol. The van der Waals surface area contributed by atoms with E-state index < -0.39 is 9.84 Å². The summed E-state index contributed by atoms with van der Waals surface area (Å²) in [5.74, 6) is 0.267. The molecule has 128 valence electrons. The molecule has 1 amide bonds. The largest absolute Gasteiger partial charge is 0.481 e. The van der Waals surface area contributed by atoms with Gasteiger partial charge >= 0.3 is 0 Å². The summed E-state index contributed by atoms with van der Waals surface area (Å²) in [6.07, 6.45) is 2.63. The van der Waals surface area contributed by atoms with Crippen LogP contribution in [-0.4, -0.2) is 44.6 Å². The van der Waals surface area contributed by atoms with Crippen molar-refractivity contribution in [2.75, 3.05) is 20.4 Å². The van der Waals surface area contributed by atoms with E-state index >= 15 is 0 Å². The van der Waals surface area contributed by atoms with Gasteiger partial charge in [0, 0.05) is 25.6 Å². The summed E-state index contributed by atoms with van der Waals surface area (Å²) in [6.45, 7) is 1.88. The Hall–Kier alpha value is -2.41. The molecule has 0 N–H and O–H groups in total. The number of nitrogens with zero attached hydrogens (tertiary/aromatic N) is 2. The van der Waals surface area contributed by atoms with E-state index in [1.54, 1.807) is 48.3 Å². The maximum Gasteiger partial charge on any atom is 0.255 e. The standard InChI is InChI=1S/C17H20N2O4S/c1-12(13-5-8-15(9-6-13)24(4,21)22)19(2)17(20)14-7-10-16(23-3)18-11-14/h5-12H,1-4H3. The fraction of sp³-hybridized carbons (Fsp3) is 0.294. The van der Waals surface area contributed by atoms with Crippen molar-refractivity contribution < 1.29 is 17.9 Å². The topological polar surface area (TPSA) is 76.6 Å². The first kappa shape index (κ1) is 17.9. The Kier molecular flexibility index (Phi) is 5.23. The second kappa shape index (κ2) is 7.00. The summed E-state index contributed by atoms with van der Waals surface area (Å²) in [5, 5.41) is 0. The molecule has 7 heteroatoms. The summed E-state index contributed by atoms with van der Waals surface area (Å²) in [6, 6.07) is 9.61. The maximum atomic E-state index is 12.5. The molecule has 6 nitrogen and oxygen atoms in total. The highest BCUT2D eigenvalue weighted by Gasteiger charge is 2.20. The number of pyridine rings is 1. The van der Waals surface area contributed by atoms with Crippen LogP contribution >= 0.6 is 0 Å². The lowest BCUT2D eigenvalue weighted by Gasteiger charge is -2.25. The zero-order valence-corrected chi connectivity index (χ0v) is 14.9. The third kappa shape index (κ3) is 3.91. The van der Waals surface area contributed by atoms with Gasteiger partial charge in [-0.25, -0.2) is 13.4 Å². The van der Waals surface area contributed by atoms with Crippen molar-refractivity contribution in [3.05, 3.63) is 53.7 Å². The van der Waals surface area contributed by atoms with Gasteiger partial charge in [0.05, 0.1) is 23.6 Å². The summed E-state index contributed by atoms with van der Waals surface area (Å²) >= 11 is 0. The minimum Gasteiger partial charge on any atom is -0.481 e. The van der Waals surface area contributed by atoms with Gasteiger partial charge in [0.1, 0.15) is 0 Å². The number of carbonyl (C=O) groups is 1. The van der Waals surface area contributed by atoms with Crippen LogP contribution in [-0.2, 0) is 9.84 Å². The van der Waals surface area contributed by atoms with Gasteiger partial charge in [-0.15, -0.1) is 0 Å². The summed E-state index contributed by atoms with van der Waals surface area (Å²) < 4.78 is 28.0. The van der Waals surface area contributed by atoms with Crippen LogP contribution in [0.3, 0.4) is 0 Å². The second-order valence-electron chi connectivity index (χ2n) is 5.52. The molecule has 2 aromatic rings. The van der Waals surface area contributed by atoms with E-state index in [0.29, 0.717) is 11.4 Å². The van der Waals surface area contributed by atoms with Crippen molar-refractivity contribution >= 4 is 15.7 Å². The van der Waals surface area contributed by atoms with Crippen LogP contribution in [0.5, 0.6) is 5.88 Å². The van der Waals surface area contributed by atoms with Crippen molar-refractivity contribution in [3.8, 4) is 5.88 Å². The molecule has 0 bridgehead atoms. The van der Waals surface area contributed by atoms with E-state index in [1.807, 2.05) is 6.92 Å². The third-order valence-corrected chi connectivity index (χ3v) is 5.01. The van der Waals surface area contributed by atoms with E-state index in [9.17, 15) is 13.2 Å². The van der Waals surface area contributed by atoms with E-state index in [-0.39, 0.29) is 16.8 Å². The van der Waals surface area contributed by atoms with Gasteiger partial charge in [-0.05, 0) is 30.7 Å². The molecule has 0 aliphatic rings. The average molecular weight is 348 g/mol. The molecular weight excluding hydrogens is 328 g/mol. The quantitative estimate of drug-likeness (QED) is 0.829. The molecule has 0 fully saturated rings. The van der Waals surface area contributed by atoms with Gasteiger partial charge in [0.25, 0.3) is 5.91 Å². The molecule has 0 spiro atoms. The number of rotatable bonds is 5. The number of hydrogen-bond donors (Lipinski definition) is 0. The molecule has 0 aliphatic carbocycles. The highest BCUT2D eigenvalue weighted by Crippen LogP contribution is 2.22. The fourth-order valence-electron chi connectivity index (χ4n) is 2.22. The number of methoxy groups -OCH3 is 1. The molecule has 1 unspecified atom stereocenters. The van der Waals surface area contributed by atoms with Crippen LogP contribution in [0.2, 0.25) is 0 Å². The van der Waals surface area contributed by atoms with Crippen LogP contribution in [0, 0.1) is 0 Å². The summed E-state index contributed by atoms with van der Waals surface area (Å²) in [4.78, 5) is 18.4. The number of sulfone groups is 1. The molecule has 1 aromatic heterocycles. The second-order valence-corrected chi connectivity index (χ2v) is 7.54. The predicted molar refractivity (Wildman–Crippen MR) is 90.8 cm³/mol. The van der Waals surface area contributed by atoms with Crippen molar-refractivity contribution in [1.29, 1.82) is 0 Å². The van der Waals surface area contributed by atoms with Gasteiger partial charge in [-0.3, -0.25) is 4.79 Å². The van der Waals surface area contributed by atoms with Gasteiger partial charge in [-0.2, -0.15) is 0 Å². The van der Waals surface area contributed by atoms with Gasteiger partial charge in [-0.1, -0.05) is 12.1 Å². The molecule has 0 saturated heterocycles. The first-order chi connectivity index (χ1) is 11.2. The van der Waals surface area contributed by atoms with E-state index in [0.717, 1.165) is 11.8 Å². The Morgan fingerprint density at radius 1 is 1.17 bits per heavy atom. The Morgan fingerprint density at radius 3 is 2.25 bits per heavy atom. The Balaban J connectivity index is 2.18. The lowest BCUT2D eigenvalue weighted by atomic mass is 10.1. The minimum absolute atomic E-state index is 0.176. The van der Waals surface area contributed by atoms with Crippen LogP contribution in [0.25, 0.3) is 0 Å². The molecule has 0 radical (unpaired) electrons. The number of benzene rings is 1. The lowest BCUT2D eigenvalue weighted by molar-refractivity contribution is 0.0742. The van der Waals surface area contributed by atoms with Crippen molar-refractivity contribution in [2.45, 2.75) is 17.9 Å². The first-order valence-electron chi connectivity index (χ1n) is 7.31. The van der Waals surface area contributed by atoms with Crippen molar-refractivity contribution in [1.82, 2.24) is 9.88 Å². The zero-order valence-electron chi connectivity index (χ0n) is 14.1. The Labute approximate surface area is 142 Å². The van der Waals surface area contributed by atoms with E-state index in [1.165, 1.54) is 13.3 Å². The highest BCUT2D eigenvalue weighted by atomic mass is 32.2. The smallest absolute Gasteiger partial charge is 0.255 e. The van der Waals surface area contributed by atoms with Crippen molar-refractivity contribution in [3.63, 3.8) is 0 Å². The van der Waals surface area contributed by atoms with Gasteiger partial charge in [0.2, 0.25) is 5.88 Å². The first-order valence-corrected chi connectivity index (χ1v) is 9.20. The molecule has 0 saturated carbocycles. The molecule has 24 heavy (non-hydrogen) atoms. The molecule has 1 aromatic carbocycles. The Morgan fingerprint density at radius 2 is 1.79 bits per heavy atom. The molecule has 0 aliphatic heterocycles. The van der Waals surface area contributed by atoms with E-state index in [4.69, 9.17) is 4.74 Å². The number of amides is 1. The summed E-state index contributed by atoms with van der Waals surface area (Å²) in [5.41, 5.74) is 1.30. The number of aromatic nitrogens is 1. The highest BCUT2D eigenvalue weighted by molar-refractivity contribution is 7.90. The predicted octanol–water partition coefficient (Wildman–Crippen LogP) is 2.33. The molecule has 2 rings (SSSR count). The van der Waals surface area contributed by atoms with Crippen LogP contribution in [0.15, 0.2) is 47.5 Å². The van der Waals surface area contributed by atoms with Crippen LogP contribution in [0.4, 0.5) is 0 Å². The van der Waals surface area contributed by atoms with Crippen molar-refractivity contribution in [2.24, 2.45) is 0 Å². The maximum absolute atomic E-state index is 12.5. The number of carbonyl (C=O) groups excluding carboxylic acids is 1. The normalized spacial score (nSPS) is 12.5. The zero-order chi connectivity index (χ0) is 17.9. The lowest BCUT2D eigenvalue weighted by Crippen LogP contribution is -2.29. The number of ether oxygens (including phenoxy) is 1. The van der Waals surface area contributed by atoms with Crippen LogP contribution in [0.1, 0.15) is 28.9 Å². The van der Waals surface area contributed by atoms with Gasteiger partial charge < -0.3 is 9.64 Å². The van der Waals surface area contributed by atoms with E-state index in [2.05, 4.69) is 4.98 Å².